The Balaban J connectivity index is 2.04. The lowest BCUT2D eigenvalue weighted by Crippen LogP contribution is -2.45. The monoisotopic (exact) mass is 388 g/mol. The lowest BCUT2D eigenvalue weighted by molar-refractivity contribution is -0.136. The zero-order chi connectivity index (χ0) is 20.2. The van der Waals surface area contributed by atoms with Gasteiger partial charge in [-0.15, -0.1) is 0 Å². The maximum Gasteiger partial charge on any atom is 0.431 e. The van der Waals surface area contributed by atoms with Crippen molar-refractivity contribution in [2.24, 2.45) is 20.8 Å². The van der Waals surface area contributed by atoms with Crippen molar-refractivity contribution in [3.05, 3.63) is 35.2 Å². The molecule has 0 saturated heterocycles. The molecule has 0 radical (unpaired) electrons. The van der Waals surface area contributed by atoms with Crippen LogP contribution in [0, 0.1) is 6.57 Å². The third-order valence-corrected chi connectivity index (χ3v) is 4.09. The number of amidine groups is 1. The van der Waals surface area contributed by atoms with Crippen LogP contribution in [0.15, 0.2) is 33.3 Å². The minimum atomic E-state index is -4.79. The van der Waals surface area contributed by atoms with Gasteiger partial charge in [0.2, 0.25) is 5.96 Å². The van der Waals surface area contributed by atoms with E-state index in [1.807, 2.05) is 0 Å². The second kappa shape index (κ2) is 5.70. The Labute approximate surface area is 148 Å². The smallest absolute Gasteiger partial charge is 0.368 e. The molecule has 142 valence electrons. The quantitative estimate of drug-likeness (QED) is 0.584. The Morgan fingerprint density at radius 1 is 1.22 bits per heavy atom. The molecule has 0 aliphatic carbocycles. The highest BCUT2D eigenvalue weighted by atomic mass is 19.4. The Morgan fingerprint density at radius 2 is 1.89 bits per heavy atom. The van der Waals surface area contributed by atoms with E-state index in [1.165, 1.54) is 6.92 Å². The molecule has 2 heterocycles. The van der Waals surface area contributed by atoms with Crippen LogP contribution in [0.3, 0.4) is 0 Å². The zero-order valence-electron chi connectivity index (χ0n) is 13.5. The van der Waals surface area contributed by atoms with Gasteiger partial charge in [0.25, 0.3) is 0 Å². The van der Waals surface area contributed by atoms with Gasteiger partial charge in [0, 0.05) is 6.42 Å². The van der Waals surface area contributed by atoms with Crippen molar-refractivity contribution in [2.75, 3.05) is 0 Å². The number of rotatable bonds is 1. The number of hydrogen-bond acceptors (Lipinski definition) is 4. The maximum absolute atomic E-state index is 13.1. The molecule has 12 heteroatoms. The lowest BCUT2D eigenvalue weighted by Gasteiger charge is -2.25. The van der Waals surface area contributed by atoms with E-state index in [0.29, 0.717) is 6.07 Å². The highest BCUT2D eigenvalue weighted by Crippen LogP contribution is 2.41. The number of hydrogen-bond donors (Lipinski definition) is 1. The lowest BCUT2D eigenvalue weighted by atomic mass is 9.95. The molecular weight excluding hydrogens is 378 g/mol. The van der Waals surface area contributed by atoms with E-state index in [9.17, 15) is 26.3 Å². The fourth-order valence-corrected chi connectivity index (χ4v) is 2.76. The summed E-state index contributed by atoms with van der Waals surface area (Å²) in [5, 5.41) is 4.27. The van der Waals surface area contributed by atoms with E-state index in [-0.39, 0.29) is 17.5 Å². The summed E-state index contributed by atoms with van der Waals surface area (Å²) in [6, 6.07) is 2.72. The number of hydrazone groups is 1. The van der Waals surface area contributed by atoms with Crippen LogP contribution in [-0.4, -0.2) is 34.2 Å². The molecule has 1 atom stereocenters. The molecule has 0 saturated carbocycles. The minimum absolute atomic E-state index is 0.202. The summed E-state index contributed by atoms with van der Waals surface area (Å²) in [5.41, 5.74) is 1.02. The highest BCUT2D eigenvalue weighted by Gasteiger charge is 2.55. The topological polar surface area (TPSA) is 70.7 Å². The summed E-state index contributed by atoms with van der Waals surface area (Å²) in [5.74, 6) is -0.545. The second-order valence-electron chi connectivity index (χ2n) is 6.02. The van der Waals surface area contributed by atoms with Crippen molar-refractivity contribution >= 4 is 28.9 Å². The van der Waals surface area contributed by atoms with Crippen molar-refractivity contribution in [3.8, 4) is 0 Å². The van der Waals surface area contributed by atoms with Crippen LogP contribution in [0.2, 0.25) is 0 Å². The number of nitrogens with zero attached hydrogens (tertiary/aromatic N) is 5. The van der Waals surface area contributed by atoms with E-state index >= 15 is 0 Å². The predicted octanol–water partition coefficient (Wildman–Crippen LogP) is 4.00. The van der Waals surface area contributed by atoms with E-state index in [4.69, 9.17) is 12.3 Å². The highest BCUT2D eigenvalue weighted by molar-refractivity contribution is 6.13. The zero-order valence-corrected chi connectivity index (χ0v) is 13.5. The van der Waals surface area contributed by atoms with Crippen LogP contribution in [0.5, 0.6) is 0 Å². The van der Waals surface area contributed by atoms with Crippen LogP contribution in [0.1, 0.15) is 18.9 Å². The summed E-state index contributed by atoms with van der Waals surface area (Å²) in [7, 11) is 0. The van der Waals surface area contributed by atoms with Crippen LogP contribution < -0.4 is 5.73 Å². The molecule has 0 aromatic heterocycles. The Morgan fingerprint density at radius 3 is 2.44 bits per heavy atom. The van der Waals surface area contributed by atoms with Gasteiger partial charge in [-0.05, 0) is 19.1 Å². The number of benzene rings is 1. The summed E-state index contributed by atoms with van der Waals surface area (Å²) in [6.45, 7) is 8.17. The van der Waals surface area contributed by atoms with E-state index in [1.54, 1.807) is 0 Å². The Bertz CT molecular complexity index is 936. The number of alkyl halides is 6. The first kappa shape index (κ1) is 18.7. The Hall–Kier alpha value is -3.10. The molecular formula is C15H10F6N6. The van der Waals surface area contributed by atoms with E-state index in [0.717, 1.165) is 17.1 Å². The first-order chi connectivity index (χ1) is 12.4. The molecule has 0 amide bonds. The van der Waals surface area contributed by atoms with Gasteiger partial charge in [0.1, 0.15) is 11.3 Å². The standard InChI is InChI=1S/C15H10F6N6/c1-13-6-10(15(19,20)21)26-27(13)12(22)25-11(13)24-7-3-4-9(23-2)8(5-7)14(16,17)18/h3-5H,6H2,1H3,(H2,22,24,25)/t13-/m0/s1. The average molecular weight is 388 g/mol. The fraction of sp³-hybridized carbons (Fsp3) is 0.333. The van der Waals surface area contributed by atoms with Gasteiger partial charge in [-0.3, -0.25) is 0 Å². The van der Waals surface area contributed by atoms with Gasteiger partial charge >= 0.3 is 12.4 Å². The van der Waals surface area contributed by atoms with Crippen LogP contribution in [0.25, 0.3) is 4.85 Å². The molecule has 0 spiro atoms. The molecule has 0 fully saturated rings. The molecule has 2 N–H and O–H groups in total. The van der Waals surface area contributed by atoms with Gasteiger partial charge in [0.05, 0.1) is 17.8 Å². The fourth-order valence-electron chi connectivity index (χ4n) is 2.76. The maximum atomic E-state index is 13.1. The number of guanidine groups is 1. The number of fused-ring (bicyclic) bond motifs is 1. The molecule has 2 aliphatic heterocycles. The molecule has 3 rings (SSSR count). The molecule has 1 aromatic rings. The van der Waals surface area contributed by atoms with Crippen LogP contribution in [-0.2, 0) is 6.18 Å². The Kier molecular flexibility index (Phi) is 3.94. The molecule has 0 unspecified atom stereocenters. The molecule has 6 nitrogen and oxygen atoms in total. The minimum Gasteiger partial charge on any atom is -0.368 e. The first-order valence-corrected chi connectivity index (χ1v) is 7.33. The van der Waals surface area contributed by atoms with Crippen molar-refractivity contribution in [1.29, 1.82) is 0 Å². The number of nitrogens with two attached hydrogens (primary N) is 1. The third-order valence-electron chi connectivity index (χ3n) is 4.09. The summed E-state index contributed by atoms with van der Waals surface area (Å²) < 4.78 is 78.1. The molecule has 27 heavy (non-hydrogen) atoms. The van der Waals surface area contributed by atoms with Crippen molar-refractivity contribution in [1.82, 2.24) is 5.01 Å². The molecule has 0 bridgehead atoms. The van der Waals surface area contributed by atoms with E-state index < -0.39 is 41.3 Å². The summed E-state index contributed by atoms with van der Waals surface area (Å²) in [4.78, 5) is 10.6. The SMILES string of the molecule is [C-]#[N+]c1ccc(N=C2N=C(N)N3N=C(C(F)(F)F)C[C@@]23C)cc1C(F)(F)F. The van der Waals surface area contributed by atoms with Gasteiger partial charge < -0.3 is 5.73 Å². The first-order valence-electron chi connectivity index (χ1n) is 7.33. The number of halogens is 6. The largest absolute Gasteiger partial charge is 0.431 e. The van der Waals surface area contributed by atoms with Gasteiger partial charge in [-0.2, -0.15) is 36.4 Å². The molecule has 1 aromatic carbocycles. The second-order valence-corrected chi connectivity index (χ2v) is 6.02. The molecule has 2 aliphatic rings. The van der Waals surface area contributed by atoms with Crippen molar-refractivity contribution < 1.29 is 26.3 Å². The predicted molar refractivity (Wildman–Crippen MR) is 84.8 cm³/mol. The normalized spacial score (nSPS) is 23.9. The van der Waals surface area contributed by atoms with Crippen molar-refractivity contribution in [3.63, 3.8) is 0 Å². The van der Waals surface area contributed by atoms with Gasteiger partial charge in [-0.1, -0.05) is 6.07 Å². The van der Waals surface area contributed by atoms with E-state index in [2.05, 4.69) is 19.9 Å². The third kappa shape index (κ3) is 3.09. The van der Waals surface area contributed by atoms with Crippen LogP contribution >= 0.6 is 0 Å². The van der Waals surface area contributed by atoms with Crippen LogP contribution in [0.4, 0.5) is 37.7 Å². The van der Waals surface area contributed by atoms with Crippen molar-refractivity contribution in [2.45, 2.75) is 31.2 Å². The summed E-state index contributed by atoms with van der Waals surface area (Å²) in [6.07, 6.45) is -10.1. The number of aliphatic imine (C=N–C) groups is 2. The van der Waals surface area contributed by atoms with Gasteiger partial charge in [0.15, 0.2) is 11.5 Å². The summed E-state index contributed by atoms with van der Waals surface area (Å²) >= 11 is 0. The van der Waals surface area contributed by atoms with Gasteiger partial charge in [-0.25, -0.2) is 14.8 Å². The average Bonchev–Trinajstić information content (AvgIpc) is 3.01.